The highest BCUT2D eigenvalue weighted by Gasteiger charge is 2.14. The van der Waals surface area contributed by atoms with Crippen LogP contribution in [0.25, 0.3) is 0 Å². The lowest BCUT2D eigenvalue weighted by Crippen LogP contribution is -2.22. The molecule has 0 heterocycles. The fraction of sp³-hybridized carbons (Fsp3) is 0.789. The number of esters is 1. The van der Waals surface area contributed by atoms with E-state index in [1.54, 1.807) is 6.92 Å². The molecule has 0 aliphatic rings. The van der Waals surface area contributed by atoms with E-state index in [2.05, 4.69) is 19.1 Å². The minimum atomic E-state index is -0.612. The maximum atomic E-state index is 11.6. The Balaban J connectivity index is 3.40. The summed E-state index contributed by atoms with van der Waals surface area (Å²) in [5, 5.41) is 0. The number of ether oxygens (including phenoxy) is 1. The van der Waals surface area contributed by atoms with Gasteiger partial charge >= 0.3 is 5.97 Å². The van der Waals surface area contributed by atoms with Crippen LogP contribution in [0.3, 0.4) is 0 Å². The van der Waals surface area contributed by atoms with Crippen molar-refractivity contribution in [3.8, 4) is 0 Å². The minimum absolute atomic E-state index is 0.00747. The lowest BCUT2D eigenvalue weighted by molar-refractivity contribution is -0.151. The van der Waals surface area contributed by atoms with Gasteiger partial charge in [0.05, 0.1) is 0 Å². The molecule has 0 N–H and O–H groups in total. The second-order valence-electron chi connectivity index (χ2n) is 5.99. The summed E-state index contributed by atoms with van der Waals surface area (Å²) in [5.41, 5.74) is 0. The second-order valence-corrected chi connectivity index (χ2v) is 5.99. The molecular weight excluding hydrogens is 276 g/mol. The molecule has 0 aliphatic carbocycles. The quantitative estimate of drug-likeness (QED) is 0.246. The molecule has 0 bridgehead atoms. The van der Waals surface area contributed by atoms with Crippen molar-refractivity contribution in [3.05, 3.63) is 12.2 Å². The molecule has 0 saturated carbocycles. The molecule has 0 aromatic heterocycles. The number of carbonyl (C=O) groups excluding carboxylic acids is 2. The van der Waals surface area contributed by atoms with Gasteiger partial charge in [-0.25, -0.2) is 0 Å². The topological polar surface area (TPSA) is 43.4 Å². The molecular formula is C19H34O3. The third-order valence-corrected chi connectivity index (χ3v) is 3.74. The molecule has 1 atom stereocenters. The number of rotatable bonds is 14. The number of unbranched alkanes of at least 4 members (excludes halogenated alkanes) is 8. The molecule has 0 fully saturated rings. The zero-order valence-corrected chi connectivity index (χ0v) is 14.7. The first-order valence-corrected chi connectivity index (χ1v) is 8.92. The molecule has 1 unspecified atom stereocenters. The van der Waals surface area contributed by atoms with E-state index in [4.69, 9.17) is 4.74 Å². The van der Waals surface area contributed by atoms with Gasteiger partial charge < -0.3 is 4.74 Å². The summed E-state index contributed by atoms with van der Waals surface area (Å²) in [6, 6.07) is 0. The number of carbonyl (C=O) groups is 2. The van der Waals surface area contributed by atoms with Gasteiger partial charge in [-0.05, 0) is 26.2 Å². The highest BCUT2D eigenvalue weighted by Crippen LogP contribution is 2.10. The van der Waals surface area contributed by atoms with Gasteiger partial charge in [-0.3, -0.25) is 9.59 Å². The van der Waals surface area contributed by atoms with Gasteiger partial charge in [-0.1, -0.05) is 64.0 Å². The van der Waals surface area contributed by atoms with Crippen LogP contribution in [-0.2, 0) is 14.3 Å². The average Bonchev–Trinajstić information content (AvgIpc) is 2.47. The highest BCUT2D eigenvalue weighted by atomic mass is 16.5. The van der Waals surface area contributed by atoms with Crippen LogP contribution in [0.4, 0.5) is 0 Å². The molecule has 3 nitrogen and oxygen atoms in total. The van der Waals surface area contributed by atoms with Gasteiger partial charge in [-0.15, -0.1) is 0 Å². The molecule has 0 saturated heterocycles. The smallest absolute Gasteiger partial charge is 0.303 e. The molecule has 0 aromatic carbocycles. The Hall–Kier alpha value is -1.12. The molecule has 0 radical (unpaired) electrons. The molecule has 0 spiro atoms. The summed E-state index contributed by atoms with van der Waals surface area (Å²) in [7, 11) is 0. The monoisotopic (exact) mass is 310 g/mol. The van der Waals surface area contributed by atoms with E-state index in [9.17, 15) is 9.59 Å². The van der Waals surface area contributed by atoms with Crippen LogP contribution in [0.2, 0.25) is 0 Å². The average molecular weight is 310 g/mol. The van der Waals surface area contributed by atoms with Gasteiger partial charge in [0.25, 0.3) is 0 Å². The summed E-state index contributed by atoms with van der Waals surface area (Å²) in [6.07, 6.45) is 16.6. The van der Waals surface area contributed by atoms with Crippen molar-refractivity contribution in [2.75, 3.05) is 0 Å². The second kappa shape index (κ2) is 14.8. The number of allylic oxidation sites excluding steroid dienone is 2. The third kappa shape index (κ3) is 13.8. The molecule has 0 aromatic rings. The fourth-order valence-corrected chi connectivity index (χ4v) is 2.38. The molecule has 0 rings (SSSR count). The Labute approximate surface area is 136 Å². The number of hydrogen-bond acceptors (Lipinski definition) is 3. The van der Waals surface area contributed by atoms with Crippen LogP contribution in [0.1, 0.15) is 91.4 Å². The van der Waals surface area contributed by atoms with E-state index in [1.807, 2.05) is 0 Å². The largest absolute Gasteiger partial charge is 0.455 e. The van der Waals surface area contributed by atoms with Gasteiger partial charge in [0.15, 0.2) is 11.9 Å². The van der Waals surface area contributed by atoms with Gasteiger partial charge in [-0.2, -0.15) is 0 Å². The van der Waals surface area contributed by atoms with E-state index < -0.39 is 12.1 Å². The molecule has 0 aliphatic heterocycles. The number of ketones is 1. The van der Waals surface area contributed by atoms with E-state index in [1.165, 1.54) is 58.3 Å². The van der Waals surface area contributed by atoms with Crippen molar-refractivity contribution in [2.45, 2.75) is 97.5 Å². The zero-order chi connectivity index (χ0) is 16.6. The van der Waals surface area contributed by atoms with Crippen LogP contribution in [0.5, 0.6) is 0 Å². The summed E-state index contributed by atoms with van der Waals surface area (Å²) in [5.74, 6) is -0.405. The predicted octanol–water partition coefficient (Wildman–Crippen LogP) is 5.37. The van der Waals surface area contributed by atoms with Gasteiger partial charge in [0.2, 0.25) is 0 Å². The van der Waals surface area contributed by atoms with E-state index in [0.29, 0.717) is 6.42 Å². The maximum absolute atomic E-state index is 11.6. The highest BCUT2D eigenvalue weighted by molar-refractivity contribution is 5.84. The van der Waals surface area contributed by atoms with Crippen LogP contribution in [0, 0.1) is 0 Å². The summed E-state index contributed by atoms with van der Waals surface area (Å²) in [4.78, 5) is 22.4. The first-order chi connectivity index (χ1) is 10.6. The normalized spacial score (nSPS) is 12.5. The first kappa shape index (κ1) is 20.9. The van der Waals surface area contributed by atoms with Gasteiger partial charge in [0, 0.05) is 13.3 Å². The van der Waals surface area contributed by atoms with Crippen LogP contribution in [-0.4, -0.2) is 17.9 Å². The molecule has 22 heavy (non-hydrogen) atoms. The molecule has 128 valence electrons. The number of hydrogen-bond donors (Lipinski definition) is 0. The first-order valence-electron chi connectivity index (χ1n) is 8.92. The van der Waals surface area contributed by atoms with Crippen molar-refractivity contribution in [1.82, 2.24) is 0 Å². The Morgan fingerprint density at radius 3 is 2.05 bits per heavy atom. The zero-order valence-electron chi connectivity index (χ0n) is 14.7. The maximum Gasteiger partial charge on any atom is 0.303 e. The number of Topliss-reactive ketones (excluding diaryl/α,β-unsaturated/α-hetero) is 1. The Morgan fingerprint density at radius 2 is 1.45 bits per heavy atom. The van der Waals surface area contributed by atoms with Crippen molar-refractivity contribution >= 4 is 11.8 Å². The SMILES string of the molecule is CCCCCCCCCCC=CCCC(=O)C(C)OC(C)=O. The van der Waals surface area contributed by atoms with E-state index in [0.717, 1.165) is 12.8 Å². The van der Waals surface area contributed by atoms with Crippen molar-refractivity contribution < 1.29 is 14.3 Å². The molecule has 0 amide bonds. The van der Waals surface area contributed by atoms with Crippen LogP contribution >= 0.6 is 0 Å². The van der Waals surface area contributed by atoms with E-state index >= 15 is 0 Å². The van der Waals surface area contributed by atoms with Gasteiger partial charge in [0.1, 0.15) is 0 Å². The summed E-state index contributed by atoms with van der Waals surface area (Å²) in [6.45, 7) is 5.21. The standard InChI is InChI=1S/C19H34O3/c1-4-5-6-7-8-9-10-11-12-13-14-15-16-19(21)17(2)22-18(3)20/h13-14,17H,4-12,15-16H2,1-3H3. The van der Waals surface area contributed by atoms with Crippen molar-refractivity contribution in [3.63, 3.8) is 0 Å². The Bertz CT molecular complexity index is 321. The Morgan fingerprint density at radius 1 is 0.909 bits per heavy atom. The third-order valence-electron chi connectivity index (χ3n) is 3.74. The van der Waals surface area contributed by atoms with Crippen LogP contribution < -0.4 is 0 Å². The predicted molar refractivity (Wildman–Crippen MR) is 91.8 cm³/mol. The minimum Gasteiger partial charge on any atom is -0.455 e. The van der Waals surface area contributed by atoms with Crippen molar-refractivity contribution in [1.29, 1.82) is 0 Å². The van der Waals surface area contributed by atoms with Crippen molar-refractivity contribution in [2.24, 2.45) is 0 Å². The fourth-order valence-electron chi connectivity index (χ4n) is 2.38. The summed E-state index contributed by atoms with van der Waals surface area (Å²) < 4.78 is 4.86. The lowest BCUT2D eigenvalue weighted by Gasteiger charge is -2.09. The summed E-state index contributed by atoms with van der Waals surface area (Å²) >= 11 is 0. The molecule has 3 heteroatoms. The lowest BCUT2D eigenvalue weighted by atomic mass is 10.1. The Kier molecular flexibility index (Phi) is 14.0. The van der Waals surface area contributed by atoms with Crippen LogP contribution in [0.15, 0.2) is 12.2 Å². The van der Waals surface area contributed by atoms with E-state index in [-0.39, 0.29) is 5.78 Å².